The van der Waals surface area contributed by atoms with Gasteiger partial charge in [-0.15, -0.1) is 6.58 Å². The molecule has 0 bridgehead atoms. The second-order valence-electron chi connectivity index (χ2n) is 5.48. The number of nitrogens with zero attached hydrogens (tertiary/aromatic N) is 3. The van der Waals surface area contributed by atoms with Crippen LogP contribution in [0.1, 0.15) is 11.1 Å². The van der Waals surface area contributed by atoms with E-state index in [4.69, 9.17) is 4.84 Å². The van der Waals surface area contributed by atoms with Gasteiger partial charge in [-0.05, 0) is 11.6 Å². The minimum absolute atomic E-state index is 0.0394. The van der Waals surface area contributed by atoms with Crippen molar-refractivity contribution >= 4 is 22.8 Å². The molecule has 6 nitrogen and oxygen atoms in total. The van der Waals surface area contributed by atoms with Gasteiger partial charge in [-0.3, -0.25) is 10.1 Å². The predicted octanol–water partition coefficient (Wildman–Crippen LogP) is 4.29. The zero-order valence-corrected chi connectivity index (χ0v) is 13.5. The van der Waals surface area contributed by atoms with Crippen molar-refractivity contribution in [3.05, 3.63) is 88.6 Å². The third-order valence-corrected chi connectivity index (χ3v) is 3.76. The highest BCUT2D eigenvalue weighted by atomic mass is 16.6. The van der Waals surface area contributed by atoms with Crippen molar-refractivity contribution in [2.75, 3.05) is 0 Å². The molecule has 6 heteroatoms. The average molecular weight is 335 g/mol. The van der Waals surface area contributed by atoms with E-state index in [-0.39, 0.29) is 12.3 Å². The highest BCUT2D eigenvalue weighted by Crippen LogP contribution is 2.20. The van der Waals surface area contributed by atoms with E-state index < -0.39 is 4.92 Å². The lowest BCUT2D eigenvalue weighted by atomic mass is 10.2. The van der Waals surface area contributed by atoms with E-state index in [0.29, 0.717) is 12.1 Å². The number of hydrogen-bond donors (Lipinski definition) is 0. The molecule has 0 radical (unpaired) electrons. The van der Waals surface area contributed by atoms with Gasteiger partial charge in [0, 0.05) is 41.3 Å². The Morgan fingerprint density at radius 2 is 2.08 bits per heavy atom. The molecule has 1 heterocycles. The highest BCUT2D eigenvalue weighted by Gasteiger charge is 2.07. The molecule has 0 saturated heterocycles. The van der Waals surface area contributed by atoms with E-state index in [1.807, 2.05) is 36.5 Å². The number of rotatable bonds is 7. The van der Waals surface area contributed by atoms with Gasteiger partial charge < -0.3 is 9.40 Å². The van der Waals surface area contributed by atoms with Crippen LogP contribution in [0.3, 0.4) is 0 Å². The summed E-state index contributed by atoms with van der Waals surface area (Å²) in [5.41, 5.74) is 2.78. The van der Waals surface area contributed by atoms with E-state index in [9.17, 15) is 10.1 Å². The van der Waals surface area contributed by atoms with Crippen molar-refractivity contribution in [2.45, 2.75) is 13.2 Å². The van der Waals surface area contributed by atoms with Crippen LogP contribution in [0, 0.1) is 10.1 Å². The fourth-order valence-electron chi connectivity index (χ4n) is 2.63. The lowest BCUT2D eigenvalue weighted by molar-refractivity contribution is -0.384. The highest BCUT2D eigenvalue weighted by molar-refractivity contribution is 5.99. The number of nitro groups is 1. The standard InChI is InChI=1S/C19H17N3O3/c1-2-10-21-13-16(18-8-3-4-9-19(18)21)12-20-25-14-15-6-5-7-17(11-15)22(23)24/h2-9,11-13H,1,10,14H2/b20-12-. The number of aromatic nitrogens is 1. The molecule has 0 unspecified atom stereocenters. The van der Waals surface area contributed by atoms with Crippen molar-refractivity contribution in [1.82, 2.24) is 4.57 Å². The molecule has 0 atom stereocenters. The summed E-state index contributed by atoms with van der Waals surface area (Å²) >= 11 is 0. The summed E-state index contributed by atoms with van der Waals surface area (Å²) in [6.45, 7) is 4.65. The molecule has 25 heavy (non-hydrogen) atoms. The lowest BCUT2D eigenvalue weighted by Gasteiger charge is -1.99. The Bertz CT molecular complexity index is 944. The molecule has 0 spiro atoms. The molecule has 126 valence electrons. The zero-order chi connectivity index (χ0) is 17.6. The first kappa shape index (κ1) is 16.4. The molecule has 0 aliphatic rings. The largest absolute Gasteiger partial charge is 0.391 e. The van der Waals surface area contributed by atoms with Crippen molar-refractivity contribution in [3.8, 4) is 0 Å². The Morgan fingerprint density at radius 3 is 2.88 bits per heavy atom. The summed E-state index contributed by atoms with van der Waals surface area (Å²) in [5, 5.41) is 15.9. The Labute approximate surface area is 144 Å². The van der Waals surface area contributed by atoms with E-state index in [1.165, 1.54) is 12.1 Å². The van der Waals surface area contributed by atoms with Gasteiger partial charge in [0.05, 0.1) is 11.1 Å². The van der Waals surface area contributed by atoms with Crippen LogP contribution in [0.15, 0.2) is 72.5 Å². The van der Waals surface area contributed by atoms with Gasteiger partial charge in [0.1, 0.15) is 6.61 Å². The topological polar surface area (TPSA) is 69.7 Å². The number of oxime groups is 1. The third kappa shape index (κ3) is 3.74. The normalized spacial score (nSPS) is 11.0. The molecular formula is C19H17N3O3. The van der Waals surface area contributed by atoms with Gasteiger partial charge in [-0.1, -0.05) is 41.6 Å². The molecule has 0 aliphatic heterocycles. The summed E-state index contributed by atoms with van der Waals surface area (Å²) in [5.74, 6) is 0. The van der Waals surface area contributed by atoms with E-state index in [2.05, 4.69) is 16.3 Å². The fourth-order valence-corrected chi connectivity index (χ4v) is 2.63. The first-order chi connectivity index (χ1) is 12.2. The quantitative estimate of drug-likeness (QED) is 0.280. The number of nitro benzene ring substituents is 1. The van der Waals surface area contributed by atoms with Crippen LogP contribution in [0.25, 0.3) is 10.9 Å². The second-order valence-corrected chi connectivity index (χ2v) is 5.48. The monoisotopic (exact) mass is 335 g/mol. The number of benzene rings is 2. The van der Waals surface area contributed by atoms with Crippen molar-refractivity contribution in [3.63, 3.8) is 0 Å². The van der Waals surface area contributed by atoms with Crippen molar-refractivity contribution in [2.24, 2.45) is 5.16 Å². The molecule has 0 saturated carbocycles. The van der Waals surface area contributed by atoms with E-state index in [1.54, 1.807) is 18.3 Å². The maximum absolute atomic E-state index is 10.8. The average Bonchev–Trinajstić information content (AvgIpc) is 2.97. The van der Waals surface area contributed by atoms with Crippen LogP contribution < -0.4 is 0 Å². The summed E-state index contributed by atoms with van der Waals surface area (Å²) in [7, 11) is 0. The van der Waals surface area contributed by atoms with Gasteiger partial charge in [-0.25, -0.2) is 0 Å². The smallest absolute Gasteiger partial charge is 0.269 e. The number of fused-ring (bicyclic) bond motifs is 1. The Balaban J connectivity index is 1.72. The summed E-state index contributed by atoms with van der Waals surface area (Å²) in [6.07, 6.45) is 5.48. The molecule has 2 aromatic carbocycles. The first-order valence-corrected chi connectivity index (χ1v) is 7.76. The molecule has 3 aromatic rings. The Morgan fingerprint density at radius 1 is 1.24 bits per heavy atom. The minimum Gasteiger partial charge on any atom is -0.391 e. The predicted molar refractivity (Wildman–Crippen MR) is 97.6 cm³/mol. The zero-order valence-electron chi connectivity index (χ0n) is 13.5. The van der Waals surface area contributed by atoms with Crippen LogP contribution in [0.5, 0.6) is 0 Å². The third-order valence-electron chi connectivity index (χ3n) is 3.76. The van der Waals surface area contributed by atoms with Crippen LogP contribution in [0.4, 0.5) is 5.69 Å². The molecule has 0 N–H and O–H groups in total. The van der Waals surface area contributed by atoms with Crippen LogP contribution >= 0.6 is 0 Å². The molecule has 0 aliphatic carbocycles. The van der Waals surface area contributed by atoms with Crippen molar-refractivity contribution < 1.29 is 9.76 Å². The van der Waals surface area contributed by atoms with Crippen LogP contribution in [0.2, 0.25) is 0 Å². The van der Waals surface area contributed by atoms with Crippen LogP contribution in [-0.2, 0) is 18.0 Å². The molecule has 0 fully saturated rings. The number of allylic oxidation sites excluding steroid dienone is 1. The maximum Gasteiger partial charge on any atom is 0.269 e. The maximum atomic E-state index is 10.8. The summed E-state index contributed by atoms with van der Waals surface area (Å²) in [4.78, 5) is 15.6. The van der Waals surface area contributed by atoms with Gasteiger partial charge >= 0.3 is 0 Å². The SMILES string of the molecule is C=CCn1cc(/C=N\OCc2cccc([N+](=O)[O-])c2)c2ccccc21. The number of hydrogen-bond acceptors (Lipinski definition) is 4. The van der Waals surface area contributed by atoms with Gasteiger partial charge in [-0.2, -0.15) is 0 Å². The molecule has 3 rings (SSSR count). The Hall–Kier alpha value is -3.41. The second kappa shape index (κ2) is 7.44. The summed E-state index contributed by atoms with van der Waals surface area (Å²) in [6, 6.07) is 14.3. The summed E-state index contributed by atoms with van der Waals surface area (Å²) < 4.78 is 2.09. The van der Waals surface area contributed by atoms with Crippen LogP contribution in [-0.4, -0.2) is 15.7 Å². The minimum atomic E-state index is -0.429. The molecular weight excluding hydrogens is 318 g/mol. The molecule has 0 amide bonds. The molecule has 1 aromatic heterocycles. The van der Waals surface area contributed by atoms with E-state index in [0.717, 1.165) is 16.5 Å². The number of para-hydroxylation sites is 1. The Kier molecular flexibility index (Phi) is 4.89. The van der Waals surface area contributed by atoms with E-state index >= 15 is 0 Å². The fraction of sp³-hybridized carbons (Fsp3) is 0.105. The van der Waals surface area contributed by atoms with Gasteiger partial charge in [0.25, 0.3) is 5.69 Å². The van der Waals surface area contributed by atoms with Gasteiger partial charge in [0.15, 0.2) is 0 Å². The van der Waals surface area contributed by atoms with Gasteiger partial charge in [0.2, 0.25) is 0 Å². The first-order valence-electron chi connectivity index (χ1n) is 7.76. The lowest BCUT2D eigenvalue weighted by Crippen LogP contribution is -1.92. The number of non-ortho nitro benzene ring substituents is 1. The van der Waals surface area contributed by atoms with Crippen molar-refractivity contribution in [1.29, 1.82) is 0 Å².